The van der Waals surface area contributed by atoms with Gasteiger partial charge in [-0.05, 0) is 44.2 Å². The van der Waals surface area contributed by atoms with Crippen molar-refractivity contribution in [2.45, 2.75) is 13.8 Å². The van der Waals surface area contributed by atoms with Crippen LogP contribution in [0.1, 0.15) is 16.8 Å². The van der Waals surface area contributed by atoms with E-state index >= 15 is 0 Å². The lowest BCUT2D eigenvalue weighted by molar-refractivity contribution is 0.835. The minimum atomic E-state index is -0.291. The summed E-state index contributed by atoms with van der Waals surface area (Å²) in [6, 6.07) is 14.7. The molecule has 0 unspecified atom stereocenters. The normalized spacial score (nSPS) is 11.0. The lowest BCUT2D eigenvalue weighted by Gasteiger charge is -2.01. The van der Waals surface area contributed by atoms with Gasteiger partial charge in [0.1, 0.15) is 11.8 Å². The van der Waals surface area contributed by atoms with Gasteiger partial charge in [0.15, 0.2) is 5.69 Å². The van der Waals surface area contributed by atoms with Crippen LogP contribution in [0.3, 0.4) is 0 Å². The summed E-state index contributed by atoms with van der Waals surface area (Å²) in [7, 11) is 0. The third kappa shape index (κ3) is 3.44. The van der Waals surface area contributed by atoms with Gasteiger partial charge in [0.2, 0.25) is 0 Å². The summed E-state index contributed by atoms with van der Waals surface area (Å²) in [5.41, 5.74) is 3.15. The Balaban J connectivity index is 2.01. The monoisotopic (exact) mass is 395 g/mol. The molecule has 25 heavy (non-hydrogen) atoms. The molecule has 0 amide bonds. The van der Waals surface area contributed by atoms with Crippen molar-refractivity contribution < 1.29 is 0 Å². The van der Waals surface area contributed by atoms with Gasteiger partial charge in [0.05, 0.1) is 16.9 Å². The van der Waals surface area contributed by atoms with E-state index in [4.69, 9.17) is 0 Å². The highest BCUT2D eigenvalue weighted by molar-refractivity contribution is 9.10. The Labute approximate surface area is 152 Å². The van der Waals surface area contributed by atoms with E-state index in [0.29, 0.717) is 16.9 Å². The van der Waals surface area contributed by atoms with E-state index in [1.165, 1.54) is 4.68 Å². The molecule has 0 aliphatic rings. The summed E-state index contributed by atoms with van der Waals surface area (Å²) in [6.45, 7) is 3.74. The molecule has 1 N–H and O–H groups in total. The lowest BCUT2D eigenvalue weighted by atomic mass is 10.2. The zero-order valence-corrected chi connectivity index (χ0v) is 15.2. The molecule has 0 fully saturated rings. The number of azo groups is 1. The number of nitriles is 1. The summed E-state index contributed by atoms with van der Waals surface area (Å²) in [6.07, 6.45) is 0. The van der Waals surface area contributed by atoms with Crippen molar-refractivity contribution in [3.8, 4) is 11.8 Å². The molecule has 0 spiro atoms. The Hall–Kier alpha value is -2.98. The third-order valence-electron chi connectivity index (χ3n) is 3.67. The first-order valence-electron chi connectivity index (χ1n) is 7.49. The number of hydrogen-bond acceptors (Lipinski definition) is 4. The topological polar surface area (TPSA) is 86.3 Å². The molecule has 6 nitrogen and oxygen atoms in total. The Bertz CT molecular complexity index is 1050. The first kappa shape index (κ1) is 16.9. The molecule has 0 aliphatic carbocycles. The zero-order valence-electron chi connectivity index (χ0n) is 13.6. The van der Waals surface area contributed by atoms with Gasteiger partial charge in [0.25, 0.3) is 5.56 Å². The van der Waals surface area contributed by atoms with Crippen LogP contribution in [0.5, 0.6) is 0 Å². The largest absolute Gasteiger partial charge is 0.299 e. The van der Waals surface area contributed by atoms with E-state index in [2.05, 4.69) is 37.3 Å². The highest BCUT2D eigenvalue weighted by atomic mass is 79.9. The van der Waals surface area contributed by atoms with Crippen LogP contribution in [0.15, 0.2) is 62.0 Å². The van der Waals surface area contributed by atoms with Crippen LogP contribution < -0.4 is 5.56 Å². The van der Waals surface area contributed by atoms with Crippen LogP contribution in [-0.2, 0) is 0 Å². The number of aromatic nitrogens is 2. The molecule has 0 atom stereocenters. The Morgan fingerprint density at radius 2 is 1.84 bits per heavy atom. The molecule has 0 saturated heterocycles. The molecule has 1 heterocycles. The van der Waals surface area contributed by atoms with E-state index in [-0.39, 0.29) is 11.2 Å². The fourth-order valence-electron chi connectivity index (χ4n) is 2.32. The molecule has 0 bridgehead atoms. The van der Waals surface area contributed by atoms with Gasteiger partial charge in [-0.15, -0.1) is 10.2 Å². The van der Waals surface area contributed by atoms with Gasteiger partial charge in [0, 0.05) is 4.47 Å². The number of halogens is 1. The fourth-order valence-corrected chi connectivity index (χ4v) is 2.68. The average Bonchev–Trinajstić information content (AvgIpc) is 2.89. The van der Waals surface area contributed by atoms with Crippen molar-refractivity contribution in [3.63, 3.8) is 0 Å². The van der Waals surface area contributed by atoms with Crippen molar-refractivity contribution in [3.05, 3.63) is 74.1 Å². The van der Waals surface area contributed by atoms with Gasteiger partial charge < -0.3 is 0 Å². The van der Waals surface area contributed by atoms with Gasteiger partial charge in [-0.2, -0.15) is 5.26 Å². The summed E-state index contributed by atoms with van der Waals surface area (Å²) in [5.74, 6) is 0. The number of nitrogens with one attached hydrogen (secondary N) is 1. The molecule has 7 heteroatoms. The van der Waals surface area contributed by atoms with Crippen LogP contribution in [0.4, 0.5) is 11.4 Å². The predicted octanol–water partition coefficient (Wildman–Crippen LogP) is 4.83. The first-order valence-corrected chi connectivity index (χ1v) is 8.29. The SMILES string of the molecule is Cc1ccc(-n2[nH]c(C)c(N=Nc3ccc(Br)cc3C#N)c2=O)cc1. The van der Waals surface area contributed by atoms with Crippen LogP contribution in [-0.4, -0.2) is 9.78 Å². The molecular formula is C18H14BrN5O. The number of benzene rings is 2. The maximum atomic E-state index is 12.6. The van der Waals surface area contributed by atoms with E-state index < -0.39 is 0 Å². The van der Waals surface area contributed by atoms with Crippen molar-refractivity contribution in [2.24, 2.45) is 10.2 Å². The molecule has 124 valence electrons. The third-order valence-corrected chi connectivity index (χ3v) is 4.16. The minimum absolute atomic E-state index is 0.215. The number of nitrogens with zero attached hydrogens (tertiary/aromatic N) is 4. The Morgan fingerprint density at radius 1 is 1.12 bits per heavy atom. The molecule has 0 aliphatic heterocycles. The van der Waals surface area contributed by atoms with Gasteiger partial charge in [-0.3, -0.25) is 9.89 Å². The van der Waals surface area contributed by atoms with E-state index in [1.807, 2.05) is 31.2 Å². The summed E-state index contributed by atoms with van der Waals surface area (Å²) < 4.78 is 2.21. The lowest BCUT2D eigenvalue weighted by Crippen LogP contribution is -2.13. The van der Waals surface area contributed by atoms with Crippen molar-refractivity contribution in [1.82, 2.24) is 9.78 Å². The van der Waals surface area contributed by atoms with Crippen molar-refractivity contribution in [1.29, 1.82) is 5.26 Å². The second kappa shape index (κ2) is 6.87. The summed E-state index contributed by atoms with van der Waals surface area (Å²) in [5, 5.41) is 20.3. The molecule has 0 saturated carbocycles. The van der Waals surface area contributed by atoms with Gasteiger partial charge in [-0.1, -0.05) is 33.6 Å². The maximum Gasteiger partial charge on any atom is 0.299 e. The molecule has 3 aromatic rings. The molecule has 1 aromatic heterocycles. The minimum Gasteiger partial charge on any atom is -0.293 e. The molecule has 0 radical (unpaired) electrons. The number of aromatic amines is 1. The number of aryl methyl sites for hydroxylation is 2. The van der Waals surface area contributed by atoms with Gasteiger partial charge >= 0.3 is 0 Å². The van der Waals surface area contributed by atoms with Crippen LogP contribution in [0, 0.1) is 25.2 Å². The van der Waals surface area contributed by atoms with Crippen molar-refractivity contribution >= 4 is 27.3 Å². The quantitative estimate of drug-likeness (QED) is 0.643. The number of H-pyrrole nitrogens is 1. The number of hydrogen-bond donors (Lipinski definition) is 1. The Morgan fingerprint density at radius 3 is 2.52 bits per heavy atom. The molecule has 2 aromatic carbocycles. The second-order valence-electron chi connectivity index (χ2n) is 5.53. The summed E-state index contributed by atoms with van der Waals surface area (Å²) in [4.78, 5) is 12.6. The van der Waals surface area contributed by atoms with Crippen LogP contribution in [0.2, 0.25) is 0 Å². The summed E-state index contributed by atoms with van der Waals surface area (Å²) >= 11 is 3.31. The maximum absolute atomic E-state index is 12.6. The predicted molar refractivity (Wildman–Crippen MR) is 98.9 cm³/mol. The standard InChI is InChI=1S/C18H14BrN5O/c1-11-3-6-15(7-4-11)24-18(25)17(12(2)23-24)22-21-16-8-5-14(19)9-13(16)10-20/h3-9,23H,1-2H3. The van der Waals surface area contributed by atoms with E-state index in [9.17, 15) is 10.1 Å². The number of rotatable bonds is 3. The first-order chi connectivity index (χ1) is 12.0. The average molecular weight is 396 g/mol. The van der Waals surface area contributed by atoms with Crippen LogP contribution >= 0.6 is 15.9 Å². The zero-order chi connectivity index (χ0) is 18.0. The highest BCUT2D eigenvalue weighted by Gasteiger charge is 2.12. The van der Waals surface area contributed by atoms with Gasteiger partial charge in [-0.25, -0.2) is 4.68 Å². The smallest absolute Gasteiger partial charge is 0.293 e. The van der Waals surface area contributed by atoms with Crippen molar-refractivity contribution in [2.75, 3.05) is 0 Å². The molecular weight excluding hydrogens is 382 g/mol. The van der Waals surface area contributed by atoms with Crippen LogP contribution in [0.25, 0.3) is 5.69 Å². The Kier molecular flexibility index (Phi) is 4.63. The van der Waals surface area contributed by atoms with E-state index in [1.54, 1.807) is 25.1 Å². The van der Waals surface area contributed by atoms with E-state index in [0.717, 1.165) is 15.7 Å². The molecule has 3 rings (SSSR count). The second-order valence-corrected chi connectivity index (χ2v) is 6.45. The highest BCUT2D eigenvalue weighted by Crippen LogP contribution is 2.25. The fraction of sp³-hybridized carbons (Fsp3) is 0.111.